The van der Waals surface area contributed by atoms with E-state index in [0.717, 1.165) is 12.0 Å². The third-order valence-corrected chi connectivity index (χ3v) is 3.91. The summed E-state index contributed by atoms with van der Waals surface area (Å²) >= 11 is 6.35. The fourth-order valence-corrected chi connectivity index (χ4v) is 2.89. The molecular formula is C15H18ClN3O2. The van der Waals surface area contributed by atoms with Gasteiger partial charge < -0.3 is 20.1 Å². The van der Waals surface area contributed by atoms with E-state index in [4.69, 9.17) is 26.8 Å². The molecule has 2 heterocycles. The maximum Gasteiger partial charge on any atom is 0.192 e. The van der Waals surface area contributed by atoms with Crippen LogP contribution in [-0.4, -0.2) is 37.2 Å². The van der Waals surface area contributed by atoms with Gasteiger partial charge in [0.25, 0.3) is 0 Å². The van der Waals surface area contributed by atoms with Crippen LogP contribution in [0.2, 0.25) is 5.02 Å². The van der Waals surface area contributed by atoms with Crippen LogP contribution in [0.3, 0.4) is 0 Å². The highest BCUT2D eigenvalue weighted by Crippen LogP contribution is 2.40. The number of aliphatic imine (C=N–C) groups is 1. The largest absolute Gasteiger partial charge is 0.489 e. The summed E-state index contributed by atoms with van der Waals surface area (Å²) in [7, 11) is 0. The number of ether oxygens (including phenoxy) is 2. The van der Waals surface area contributed by atoms with Crippen molar-refractivity contribution in [3.8, 4) is 11.5 Å². The molecule has 1 aromatic carbocycles. The number of hydrogen-bond acceptors (Lipinski definition) is 5. The number of nitrogens with zero attached hydrogens (tertiary/aromatic N) is 2. The second-order valence-corrected chi connectivity index (χ2v) is 5.44. The van der Waals surface area contributed by atoms with Gasteiger partial charge in [-0.05, 0) is 17.7 Å². The van der Waals surface area contributed by atoms with Gasteiger partial charge in [0.05, 0.1) is 30.8 Å². The lowest BCUT2D eigenvalue weighted by atomic mass is 10.1. The fourth-order valence-electron chi connectivity index (χ4n) is 2.62. The molecular weight excluding hydrogens is 290 g/mol. The summed E-state index contributed by atoms with van der Waals surface area (Å²) in [6.45, 7) is 6.27. The van der Waals surface area contributed by atoms with Gasteiger partial charge in [-0.2, -0.15) is 0 Å². The van der Waals surface area contributed by atoms with E-state index in [1.54, 1.807) is 0 Å². The van der Waals surface area contributed by atoms with Gasteiger partial charge >= 0.3 is 0 Å². The Hall–Kier alpha value is -1.88. The number of fused-ring (bicyclic) bond motifs is 1. The van der Waals surface area contributed by atoms with Gasteiger partial charge in [-0.3, -0.25) is 4.99 Å². The van der Waals surface area contributed by atoms with E-state index in [2.05, 4.69) is 11.6 Å². The van der Waals surface area contributed by atoms with Crippen molar-refractivity contribution in [3.63, 3.8) is 0 Å². The maximum atomic E-state index is 6.35. The van der Waals surface area contributed by atoms with Crippen LogP contribution < -0.4 is 15.2 Å². The molecule has 6 heteroatoms. The molecule has 3 rings (SSSR count). The monoisotopic (exact) mass is 307 g/mol. The Labute approximate surface area is 129 Å². The zero-order valence-electron chi connectivity index (χ0n) is 11.7. The Balaban J connectivity index is 1.94. The minimum Gasteiger partial charge on any atom is -0.489 e. The summed E-state index contributed by atoms with van der Waals surface area (Å²) in [4.78, 5) is 6.31. The summed E-state index contributed by atoms with van der Waals surface area (Å²) in [6, 6.07) is 3.93. The van der Waals surface area contributed by atoms with Crippen LogP contribution in [0.25, 0.3) is 0 Å². The normalized spacial score (nSPS) is 20.9. The van der Waals surface area contributed by atoms with Crippen LogP contribution in [0, 0.1) is 0 Å². The van der Waals surface area contributed by atoms with Gasteiger partial charge in [0.15, 0.2) is 17.5 Å². The Kier molecular flexibility index (Phi) is 3.92. The van der Waals surface area contributed by atoms with Crippen LogP contribution in [0.15, 0.2) is 29.8 Å². The molecule has 1 aromatic rings. The summed E-state index contributed by atoms with van der Waals surface area (Å²) in [5.41, 5.74) is 6.96. The third kappa shape index (κ3) is 2.65. The average molecular weight is 308 g/mol. The van der Waals surface area contributed by atoms with E-state index in [-0.39, 0.29) is 6.04 Å². The van der Waals surface area contributed by atoms with E-state index >= 15 is 0 Å². The maximum absolute atomic E-state index is 6.35. The molecule has 0 aromatic heterocycles. The molecule has 0 radical (unpaired) electrons. The Morgan fingerprint density at radius 1 is 1.43 bits per heavy atom. The quantitative estimate of drug-likeness (QED) is 0.871. The van der Waals surface area contributed by atoms with E-state index in [1.165, 1.54) is 0 Å². The van der Waals surface area contributed by atoms with Gasteiger partial charge in [-0.25, -0.2) is 0 Å². The molecule has 21 heavy (non-hydrogen) atoms. The Bertz CT molecular complexity index is 589. The van der Waals surface area contributed by atoms with Crippen molar-refractivity contribution in [3.05, 3.63) is 35.4 Å². The van der Waals surface area contributed by atoms with Gasteiger partial charge in [0.1, 0.15) is 0 Å². The van der Waals surface area contributed by atoms with Gasteiger partial charge in [0, 0.05) is 13.0 Å². The molecule has 2 N–H and O–H groups in total. The SMILES string of the molecule is C=CCN1C(N)=NCC1c1cc(Cl)c2c(c1)OCCCO2. The van der Waals surface area contributed by atoms with Crippen LogP contribution in [0.4, 0.5) is 0 Å². The highest BCUT2D eigenvalue weighted by atomic mass is 35.5. The lowest BCUT2D eigenvalue weighted by molar-refractivity contribution is 0.296. The first-order chi connectivity index (χ1) is 10.2. The standard InChI is InChI=1S/C15H18ClN3O2/c1-2-4-19-12(9-18-15(19)17)10-7-11(16)14-13(8-10)20-5-3-6-21-14/h2,7-8,12H,1,3-6,9H2,(H2,17,18). The number of benzene rings is 1. The summed E-state index contributed by atoms with van der Waals surface area (Å²) < 4.78 is 11.4. The molecule has 0 bridgehead atoms. The molecule has 1 atom stereocenters. The van der Waals surface area contributed by atoms with Crippen molar-refractivity contribution in [1.29, 1.82) is 0 Å². The van der Waals surface area contributed by atoms with Crippen molar-refractivity contribution < 1.29 is 9.47 Å². The lowest BCUT2D eigenvalue weighted by Gasteiger charge is -2.26. The van der Waals surface area contributed by atoms with E-state index in [1.807, 2.05) is 23.1 Å². The molecule has 0 fully saturated rings. The van der Waals surface area contributed by atoms with Crippen LogP contribution in [0.5, 0.6) is 11.5 Å². The minimum absolute atomic E-state index is 0.0534. The summed E-state index contributed by atoms with van der Waals surface area (Å²) in [5.74, 6) is 1.85. The number of guanidine groups is 1. The molecule has 2 aliphatic rings. The van der Waals surface area contributed by atoms with E-state index < -0.39 is 0 Å². The predicted octanol–water partition coefficient (Wildman–Crippen LogP) is 2.36. The first kappa shape index (κ1) is 14.1. The predicted molar refractivity (Wildman–Crippen MR) is 83.2 cm³/mol. The fraction of sp³-hybridized carbons (Fsp3) is 0.400. The van der Waals surface area contributed by atoms with Crippen molar-refractivity contribution in [1.82, 2.24) is 4.90 Å². The minimum atomic E-state index is 0.0534. The molecule has 0 aliphatic carbocycles. The van der Waals surface area contributed by atoms with Gasteiger partial charge in [0.2, 0.25) is 0 Å². The van der Waals surface area contributed by atoms with Gasteiger partial charge in [-0.15, -0.1) is 6.58 Å². The topological polar surface area (TPSA) is 60.1 Å². The molecule has 5 nitrogen and oxygen atoms in total. The Morgan fingerprint density at radius 2 is 2.24 bits per heavy atom. The van der Waals surface area contributed by atoms with E-state index in [9.17, 15) is 0 Å². The molecule has 2 aliphatic heterocycles. The highest BCUT2D eigenvalue weighted by Gasteiger charge is 2.28. The molecule has 0 saturated carbocycles. The van der Waals surface area contributed by atoms with E-state index in [0.29, 0.717) is 48.8 Å². The Morgan fingerprint density at radius 3 is 3.05 bits per heavy atom. The summed E-state index contributed by atoms with van der Waals surface area (Å²) in [6.07, 6.45) is 2.66. The third-order valence-electron chi connectivity index (χ3n) is 3.63. The molecule has 0 spiro atoms. The van der Waals surface area contributed by atoms with Crippen molar-refractivity contribution in [2.75, 3.05) is 26.3 Å². The average Bonchev–Trinajstić information content (AvgIpc) is 2.69. The smallest absolute Gasteiger partial charge is 0.192 e. The lowest BCUT2D eigenvalue weighted by Crippen LogP contribution is -2.36. The molecule has 0 saturated heterocycles. The first-order valence-corrected chi connectivity index (χ1v) is 7.35. The van der Waals surface area contributed by atoms with Crippen molar-refractivity contribution >= 4 is 17.6 Å². The second kappa shape index (κ2) is 5.85. The highest BCUT2D eigenvalue weighted by molar-refractivity contribution is 6.32. The van der Waals surface area contributed by atoms with Crippen LogP contribution in [0.1, 0.15) is 18.0 Å². The molecule has 1 unspecified atom stereocenters. The number of halogens is 1. The van der Waals surface area contributed by atoms with Crippen molar-refractivity contribution in [2.24, 2.45) is 10.7 Å². The summed E-state index contributed by atoms with van der Waals surface area (Å²) in [5, 5.41) is 0.563. The van der Waals surface area contributed by atoms with Crippen molar-refractivity contribution in [2.45, 2.75) is 12.5 Å². The zero-order chi connectivity index (χ0) is 14.8. The number of hydrogen-bond donors (Lipinski definition) is 1. The number of rotatable bonds is 3. The van der Waals surface area contributed by atoms with Crippen LogP contribution in [-0.2, 0) is 0 Å². The molecule has 0 amide bonds. The van der Waals surface area contributed by atoms with Gasteiger partial charge in [-0.1, -0.05) is 17.7 Å². The number of nitrogens with two attached hydrogens (primary N) is 1. The zero-order valence-corrected chi connectivity index (χ0v) is 12.5. The first-order valence-electron chi connectivity index (χ1n) is 6.97. The van der Waals surface area contributed by atoms with Crippen LogP contribution >= 0.6 is 11.6 Å². The second-order valence-electron chi connectivity index (χ2n) is 5.04. The molecule has 112 valence electrons.